The maximum Gasteiger partial charge on any atom is 0.582 e. The number of pyridine rings is 1. The van der Waals surface area contributed by atoms with Crippen LogP contribution in [-0.4, -0.2) is 94.0 Å². The Kier molecular flexibility index (Phi) is 8.91. The third kappa shape index (κ3) is 6.08. The van der Waals surface area contributed by atoms with Crippen molar-refractivity contribution in [3.05, 3.63) is 35.3 Å². The first-order valence-corrected chi connectivity index (χ1v) is 17.8. The average molecular weight is 711 g/mol. The van der Waals surface area contributed by atoms with Crippen LogP contribution in [0.4, 0.5) is 20.4 Å². The number of fused-ring (bicyclic) bond motifs is 2. The van der Waals surface area contributed by atoms with Gasteiger partial charge in [-0.15, -0.1) is 4.52 Å². The van der Waals surface area contributed by atoms with E-state index in [1.807, 2.05) is 0 Å². The van der Waals surface area contributed by atoms with Crippen LogP contribution >= 0.6 is 26.2 Å². The Morgan fingerprint density at radius 1 is 1.09 bits per heavy atom. The smallest absolute Gasteiger partial charge is 0.397 e. The predicted octanol–water partition coefficient (Wildman–Crippen LogP) is 0.783. The third-order valence-corrected chi connectivity index (χ3v) is 9.34. The molecule has 0 aromatic carbocycles. The number of aliphatic hydroxyl groups excluding tert-OH is 1. The van der Waals surface area contributed by atoms with Crippen molar-refractivity contribution in [2.24, 2.45) is 0 Å². The number of anilines is 2. The summed E-state index contributed by atoms with van der Waals surface area (Å²) >= 11 is 8.83. The molecule has 0 spiro atoms. The van der Waals surface area contributed by atoms with Crippen molar-refractivity contribution < 1.29 is 46.4 Å². The Morgan fingerprint density at radius 3 is 2.49 bits per heavy atom. The molecule has 6 rings (SSSR count). The van der Waals surface area contributed by atoms with Gasteiger partial charge in [0.05, 0.1) is 31.6 Å². The zero-order valence-corrected chi connectivity index (χ0v) is 25.9. The van der Waals surface area contributed by atoms with E-state index in [4.69, 9.17) is 46.3 Å². The molecule has 242 valence electrons. The van der Waals surface area contributed by atoms with Gasteiger partial charge >= 0.3 is 13.9 Å². The molecule has 2 fully saturated rings. The lowest BCUT2D eigenvalue weighted by Crippen LogP contribution is -2.34. The number of nitrogen functional groups attached to an aromatic ring is 2. The van der Waals surface area contributed by atoms with Crippen LogP contribution in [0.25, 0.3) is 22.3 Å². The molecule has 4 aromatic rings. The fourth-order valence-corrected chi connectivity index (χ4v) is 7.27. The summed E-state index contributed by atoms with van der Waals surface area (Å²) < 4.78 is 72.9. The van der Waals surface area contributed by atoms with Gasteiger partial charge < -0.3 is 35.5 Å². The van der Waals surface area contributed by atoms with Gasteiger partial charge in [-0.05, 0) is 22.4 Å². The molecule has 0 aliphatic carbocycles. The summed E-state index contributed by atoms with van der Waals surface area (Å²) in [5, 5.41) is 9.67. The van der Waals surface area contributed by atoms with Gasteiger partial charge in [0.2, 0.25) is 5.95 Å². The second-order valence-electron chi connectivity index (χ2n) is 9.84. The SMILES string of the molecule is Nc1nc2c(ncn2[C@@H]2O[C@H](CO)[C@H](F)[C@H]2OP(O)(=S)OC[C@H]2O[C@@H](n3cnc4c(N)ccnc43)[C@@H](F)[C@@H]2O[P+](=O)S)c(=O)[nH]1. The van der Waals surface area contributed by atoms with Crippen LogP contribution in [0.1, 0.15) is 12.5 Å². The number of aromatic nitrogens is 7. The van der Waals surface area contributed by atoms with E-state index in [1.54, 1.807) is 0 Å². The Morgan fingerprint density at radius 2 is 1.78 bits per heavy atom. The van der Waals surface area contributed by atoms with Gasteiger partial charge in [0.25, 0.3) is 5.56 Å². The lowest BCUT2D eigenvalue weighted by atomic mass is 10.1. The maximum absolute atomic E-state index is 15.7. The minimum Gasteiger partial charge on any atom is -0.397 e. The second kappa shape index (κ2) is 12.5. The zero-order valence-electron chi connectivity index (χ0n) is 22.4. The largest absolute Gasteiger partial charge is 0.582 e. The molecule has 10 atom stereocenters. The van der Waals surface area contributed by atoms with Gasteiger partial charge in [-0.3, -0.25) is 23.4 Å². The third-order valence-electron chi connectivity index (χ3n) is 7.07. The molecule has 45 heavy (non-hydrogen) atoms. The molecule has 4 aromatic heterocycles. The molecule has 0 radical (unpaired) electrons. The second-order valence-corrected chi connectivity index (χ2v) is 14.3. The molecule has 24 heteroatoms. The number of imidazole rings is 2. The van der Waals surface area contributed by atoms with Crippen molar-refractivity contribution in [3.8, 4) is 0 Å². The minimum absolute atomic E-state index is 0.101. The highest BCUT2D eigenvalue weighted by Gasteiger charge is 2.53. The number of rotatable bonds is 10. The Bertz CT molecular complexity index is 1870. The summed E-state index contributed by atoms with van der Waals surface area (Å²) in [6.07, 6.45) is -9.15. The maximum atomic E-state index is 15.7. The molecule has 2 saturated heterocycles. The van der Waals surface area contributed by atoms with Crippen molar-refractivity contribution in [1.82, 2.24) is 34.1 Å². The van der Waals surface area contributed by atoms with E-state index in [0.717, 1.165) is 10.9 Å². The van der Waals surface area contributed by atoms with Gasteiger partial charge in [-0.25, -0.2) is 23.7 Å². The summed E-state index contributed by atoms with van der Waals surface area (Å²) in [5.74, 6) is -0.264. The number of halogens is 2. The van der Waals surface area contributed by atoms with Crippen LogP contribution in [0.15, 0.2) is 29.7 Å². The molecule has 2 unspecified atom stereocenters. The topological polar surface area (TPSA) is 250 Å². The monoisotopic (exact) mass is 710 g/mol. The molecule has 6 heterocycles. The van der Waals surface area contributed by atoms with Crippen molar-refractivity contribution in [2.75, 3.05) is 24.7 Å². The highest BCUT2D eigenvalue weighted by atomic mass is 32.7. The van der Waals surface area contributed by atoms with Gasteiger partial charge in [0.15, 0.2) is 47.7 Å². The van der Waals surface area contributed by atoms with E-state index in [9.17, 15) is 19.4 Å². The summed E-state index contributed by atoms with van der Waals surface area (Å²) in [4.78, 5) is 41.7. The van der Waals surface area contributed by atoms with Crippen molar-refractivity contribution >= 4 is 72.0 Å². The molecular weight excluding hydrogens is 686 g/mol. The lowest BCUT2D eigenvalue weighted by Gasteiger charge is -2.26. The van der Waals surface area contributed by atoms with Crippen molar-refractivity contribution in [1.29, 1.82) is 0 Å². The standard InChI is InChI=1S/C21H23F2N9O9P2S2/c22-10-8(3-33)38-20(32-6-28-13-17(32)29-21(25)30-18(13)34)15(10)41-43(36,45)37-4-9-14(40-42(35)44)11(23)19(39-9)31-5-27-12-7(24)1-2-26-16(12)31/h1-2,5-6,8-11,14-15,19-20,33H,3-4H2,(H6-,24,25,26,29,30,34,35,36,44,45)/p+1/t8-,9-,10+,11+,14-,15-,19-,20-,43?/m1/s1. The van der Waals surface area contributed by atoms with Gasteiger partial charge in [-0.2, -0.15) is 4.98 Å². The first-order chi connectivity index (χ1) is 21.4. The normalized spacial score (nSPS) is 30.3. The van der Waals surface area contributed by atoms with E-state index < -0.39 is 81.9 Å². The summed E-state index contributed by atoms with van der Waals surface area (Å²) in [7, 11) is -2.63. The summed E-state index contributed by atoms with van der Waals surface area (Å²) in [6.45, 7) is -5.86. The Balaban J connectivity index is 1.22. The number of aliphatic hydroxyl groups is 1. The highest BCUT2D eigenvalue weighted by molar-refractivity contribution is 8.39. The van der Waals surface area contributed by atoms with Crippen LogP contribution in [0.5, 0.6) is 0 Å². The van der Waals surface area contributed by atoms with Crippen LogP contribution in [0.3, 0.4) is 0 Å². The van der Waals surface area contributed by atoms with E-state index >= 15 is 8.78 Å². The Labute approximate surface area is 261 Å². The van der Waals surface area contributed by atoms with Gasteiger partial charge in [0.1, 0.15) is 36.1 Å². The molecule has 2 aliphatic rings. The van der Waals surface area contributed by atoms with Crippen LogP contribution in [0.2, 0.25) is 0 Å². The summed E-state index contributed by atoms with van der Waals surface area (Å²) in [6, 6.07) is 1.51. The summed E-state index contributed by atoms with van der Waals surface area (Å²) in [5.41, 5.74) is 11.4. The van der Waals surface area contributed by atoms with E-state index in [2.05, 4.69) is 37.2 Å². The predicted molar refractivity (Wildman–Crippen MR) is 158 cm³/mol. The molecule has 0 bridgehead atoms. The Hall–Kier alpha value is -2.75. The molecule has 7 N–H and O–H groups in total. The van der Waals surface area contributed by atoms with Gasteiger partial charge in [0, 0.05) is 6.20 Å². The van der Waals surface area contributed by atoms with Crippen LogP contribution in [0, 0.1) is 0 Å². The van der Waals surface area contributed by atoms with Crippen molar-refractivity contribution in [2.45, 2.75) is 49.2 Å². The quantitative estimate of drug-likeness (QED) is 0.0983. The number of hydrogen-bond donors (Lipinski definition) is 6. The fraction of sp³-hybridized carbons (Fsp3) is 0.476. The fourth-order valence-electron chi connectivity index (χ4n) is 5.08. The van der Waals surface area contributed by atoms with Gasteiger partial charge in [-0.1, -0.05) is 0 Å². The number of alkyl halides is 2. The number of nitrogens with one attached hydrogen (secondary N) is 1. The number of nitrogens with zero attached hydrogens (tertiary/aromatic N) is 6. The number of nitrogens with two attached hydrogens (primary N) is 2. The highest BCUT2D eigenvalue weighted by Crippen LogP contribution is 2.51. The molecule has 0 amide bonds. The molecule has 0 saturated carbocycles. The van der Waals surface area contributed by atoms with Crippen LogP contribution < -0.4 is 17.0 Å². The number of aromatic amines is 1. The van der Waals surface area contributed by atoms with E-state index in [0.29, 0.717) is 0 Å². The molecule has 2 aliphatic heterocycles. The molecular formula is C21H24F2N9O9P2S2+. The average Bonchev–Trinajstić information content (AvgIpc) is 3.73. The first kappa shape index (κ1) is 32.2. The number of ether oxygens (including phenoxy) is 2. The number of H-pyrrole nitrogens is 1. The first-order valence-electron chi connectivity index (χ1n) is 12.9. The van der Waals surface area contributed by atoms with Crippen LogP contribution in [-0.2, 0) is 39.4 Å². The number of hydrogen-bond acceptors (Lipinski definition) is 15. The zero-order chi connectivity index (χ0) is 32.2. The molecule has 18 nitrogen and oxygen atoms in total. The van der Waals surface area contributed by atoms with Crippen molar-refractivity contribution in [3.63, 3.8) is 0 Å². The number of thiol groups is 1. The lowest BCUT2D eigenvalue weighted by molar-refractivity contribution is -0.0539. The minimum atomic E-state index is -4.41. The van der Waals surface area contributed by atoms with E-state index in [1.165, 1.54) is 23.2 Å². The van der Waals surface area contributed by atoms with E-state index in [-0.39, 0.29) is 34.0 Å².